The van der Waals surface area contributed by atoms with Crippen molar-refractivity contribution in [1.82, 2.24) is 0 Å². The number of nitriles is 1. The zero-order valence-electron chi connectivity index (χ0n) is 7.07. The number of methoxy groups -OCH3 is 2. The van der Waals surface area contributed by atoms with Crippen LogP contribution in [0.5, 0.6) is 0 Å². The first-order valence-electron chi connectivity index (χ1n) is 3.09. The van der Waals surface area contributed by atoms with Crippen LogP contribution < -0.4 is 0 Å². The summed E-state index contributed by atoms with van der Waals surface area (Å²) in [4.78, 5) is 23.4. The Labute approximate surface area is 81.5 Å². The minimum atomic E-state index is -0.721. The standard InChI is InChI=1S/C7H7NO4Se/c1-11-6(9)3-5(13-4-8)7(10)12-2/h3H,1-2H3. The van der Waals surface area contributed by atoms with Gasteiger partial charge in [0.05, 0.1) is 0 Å². The van der Waals surface area contributed by atoms with Crippen molar-refractivity contribution in [2.24, 2.45) is 0 Å². The van der Waals surface area contributed by atoms with Crippen LogP contribution in [0.2, 0.25) is 0 Å². The Bertz CT molecular complexity index is 279. The Balaban J connectivity index is 4.61. The molecule has 0 amide bonds. The van der Waals surface area contributed by atoms with Gasteiger partial charge in [-0.05, 0) is 0 Å². The second-order valence-corrected chi connectivity index (χ2v) is 3.45. The molecule has 0 fully saturated rings. The topological polar surface area (TPSA) is 76.4 Å². The monoisotopic (exact) mass is 249 g/mol. The van der Waals surface area contributed by atoms with E-state index < -0.39 is 26.9 Å². The molecule has 0 aromatic heterocycles. The molecule has 5 nitrogen and oxygen atoms in total. The van der Waals surface area contributed by atoms with E-state index in [2.05, 4.69) is 9.47 Å². The number of ether oxygens (including phenoxy) is 2. The van der Waals surface area contributed by atoms with Crippen LogP contribution in [0.15, 0.2) is 10.5 Å². The van der Waals surface area contributed by atoms with E-state index >= 15 is 0 Å². The predicted octanol–water partition coefficient (Wildman–Crippen LogP) is -0.598. The number of esters is 2. The van der Waals surface area contributed by atoms with E-state index in [0.29, 0.717) is 0 Å². The first-order valence-corrected chi connectivity index (χ1v) is 4.81. The molecule has 0 aromatic carbocycles. The minimum absolute atomic E-state index is 0.0457. The maximum atomic E-state index is 10.9. The van der Waals surface area contributed by atoms with Crippen molar-refractivity contribution in [3.05, 3.63) is 10.5 Å². The first-order chi connectivity index (χ1) is 6.15. The Morgan fingerprint density at radius 3 is 2.38 bits per heavy atom. The first kappa shape index (κ1) is 11.7. The van der Waals surface area contributed by atoms with Gasteiger partial charge in [0.25, 0.3) is 0 Å². The van der Waals surface area contributed by atoms with Gasteiger partial charge in [0.15, 0.2) is 0 Å². The molecule has 0 spiro atoms. The van der Waals surface area contributed by atoms with E-state index in [1.807, 2.05) is 0 Å². The molecule has 0 saturated heterocycles. The zero-order valence-corrected chi connectivity index (χ0v) is 8.78. The summed E-state index contributed by atoms with van der Waals surface area (Å²) in [5.41, 5.74) is 0. The predicted molar refractivity (Wildman–Crippen MR) is 43.5 cm³/mol. The third-order valence-electron chi connectivity index (χ3n) is 0.992. The molecular weight excluding hydrogens is 241 g/mol. The SMILES string of the molecule is COC(=O)C=C([Se]C#N)C(=O)OC. The molecule has 0 saturated carbocycles. The van der Waals surface area contributed by atoms with Gasteiger partial charge in [0.2, 0.25) is 0 Å². The molecule has 0 bridgehead atoms. The van der Waals surface area contributed by atoms with Crippen LogP contribution in [0.1, 0.15) is 0 Å². The third-order valence-corrected chi connectivity index (χ3v) is 2.24. The molecule has 0 unspecified atom stereocenters. The molecule has 0 N–H and O–H groups in total. The van der Waals surface area contributed by atoms with Crippen LogP contribution in [0.25, 0.3) is 0 Å². The van der Waals surface area contributed by atoms with E-state index in [0.717, 1.165) is 6.08 Å². The molecule has 0 aliphatic carbocycles. The number of nitrogens with zero attached hydrogens (tertiary/aromatic N) is 1. The van der Waals surface area contributed by atoms with Crippen molar-refractivity contribution in [3.8, 4) is 4.97 Å². The van der Waals surface area contributed by atoms with Crippen molar-refractivity contribution in [3.63, 3.8) is 0 Å². The summed E-state index contributed by atoms with van der Waals surface area (Å²) >= 11 is -0.721. The summed E-state index contributed by atoms with van der Waals surface area (Å²) < 4.78 is 8.70. The molecule has 0 aliphatic heterocycles. The molecular formula is C7H7NO4Se. The van der Waals surface area contributed by atoms with Crippen molar-refractivity contribution < 1.29 is 19.1 Å². The third kappa shape index (κ3) is 4.31. The van der Waals surface area contributed by atoms with Crippen LogP contribution in [-0.2, 0) is 19.1 Å². The number of carbonyl (C=O) groups excluding carboxylic acids is 2. The molecule has 0 radical (unpaired) electrons. The molecule has 0 atom stereocenters. The second-order valence-electron chi connectivity index (χ2n) is 1.72. The van der Waals surface area contributed by atoms with Gasteiger partial charge in [-0.3, -0.25) is 0 Å². The van der Waals surface area contributed by atoms with Gasteiger partial charge in [-0.25, -0.2) is 0 Å². The quantitative estimate of drug-likeness (QED) is 0.378. The molecule has 0 aliphatic rings. The summed E-state index contributed by atoms with van der Waals surface area (Å²) in [6.07, 6.45) is 0.967. The van der Waals surface area contributed by atoms with Crippen molar-refractivity contribution in [2.75, 3.05) is 14.2 Å². The number of hydrogen-bond donors (Lipinski definition) is 0. The molecule has 70 valence electrons. The van der Waals surface area contributed by atoms with Gasteiger partial charge in [0, 0.05) is 0 Å². The summed E-state index contributed by atoms with van der Waals surface area (Å²) in [5, 5.41) is 8.34. The summed E-state index contributed by atoms with van der Waals surface area (Å²) in [7, 11) is 2.37. The fourth-order valence-electron chi connectivity index (χ4n) is 0.446. The number of rotatable bonds is 3. The van der Waals surface area contributed by atoms with Crippen LogP contribution in [-0.4, -0.2) is 41.1 Å². The zero-order chi connectivity index (χ0) is 10.3. The summed E-state index contributed by atoms with van der Waals surface area (Å²) in [6, 6.07) is 0. The van der Waals surface area contributed by atoms with Crippen molar-refractivity contribution >= 4 is 26.9 Å². The van der Waals surface area contributed by atoms with E-state index in [4.69, 9.17) is 5.26 Å². The average molecular weight is 248 g/mol. The van der Waals surface area contributed by atoms with Crippen LogP contribution in [0, 0.1) is 10.2 Å². The fraction of sp³-hybridized carbons (Fsp3) is 0.286. The second kappa shape index (κ2) is 6.23. The normalized spacial score (nSPS) is 10.1. The van der Waals surface area contributed by atoms with Crippen molar-refractivity contribution in [2.45, 2.75) is 0 Å². The van der Waals surface area contributed by atoms with E-state index in [1.54, 1.807) is 4.97 Å². The Morgan fingerprint density at radius 1 is 1.38 bits per heavy atom. The molecule has 0 rings (SSSR count). The van der Waals surface area contributed by atoms with Gasteiger partial charge >= 0.3 is 81.0 Å². The van der Waals surface area contributed by atoms with Crippen LogP contribution in [0.3, 0.4) is 0 Å². The van der Waals surface area contributed by atoms with E-state index in [1.165, 1.54) is 14.2 Å². The summed E-state index contributed by atoms with van der Waals surface area (Å²) in [6.45, 7) is 0. The Morgan fingerprint density at radius 2 is 2.00 bits per heavy atom. The van der Waals surface area contributed by atoms with E-state index in [9.17, 15) is 9.59 Å². The molecule has 6 heteroatoms. The van der Waals surface area contributed by atoms with Crippen LogP contribution >= 0.6 is 0 Å². The molecule has 0 heterocycles. The molecule has 0 aromatic rings. The Hall–Kier alpha value is -1.31. The van der Waals surface area contributed by atoms with Gasteiger partial charge < -0.3 is 0 Å². The van der Waals surface area contributed by atoms with Gasteiger partial charge in [-0.1, -0.05) is 0 Å². The van der Waals surface area contributed by atoms with Gasteiger partial charge in [-0.2, -0.15) is 0 Å². The molecule has 13 heavy (non-hydrogen) atoms. The summed E-state index contributed by atoms with van der Waals surface area (Å²) in [5.74, 6) is -1.34. The fourth-order valence-corrected chi connectivity index (χ4v) is 1.33. The maximum absolute atomic E-state index is 10.9. The number of carbonyl (C=O) groups is 2. The van der Waals surface area contributed by atoms with Crippen molar-refractivity contribution in [1.29, 1.82) is 5.26 Å². The van der Waals surface area contributed by atoms with Gasteiger partial charge in [0.1, 0.15) is 0 Å². The Kier molecular flexibility index (Phi) is 5.60. The van der Waals surface area contributed by atoms with Crippen LogP contribution in [0.4, 0.5) is 0 Å². The average Bonchev–Trinajstić information content (AvgIpc) is 2.15. The van der Waals surface area contributed by atoms with Gasteiger partial charge in [-0.15, -0.1) is 0 Å². The van der Waals surface area contributed by atoms with E-state index in [-0.39, 0.29) is 4.47 Å². The number of hydrogen-bond acceptors (Lipinski definition) is 5.